The van der Waals surface area contributed by atoms with Crippen LogP contribution in [0.5, 0.6) is 0 Å². The molecule has 1 aliphatic rings. The summed E-state index contributed by atoms with van der Waals surface area (Å²) in [6, 6.07) is 32.4. The second-order valence-electron chi connectivity index (χ2n) is 9.48. The van der Waals surface area contributed by atoms with Crippen LogP contribution in [0.25, 0.3) is 23.3 Å². The SMILES string of the molecule is CC1(C(=O)OCc2ccc(/C=C/c3ccc(-c4ccccc4)cc3)cc2)CC(c2ccc([N+](=O)[O-])cc2)=NO1. The van der Waals surface area contributed by atoms with Crippen molar-refractivity contribution in [2.24, 2.45) is 5.16 Å². The zero-order valence-corrected chi connectivity index (χ0v) is 21.3. The van der Waals surface area contributed by atoms with Crippen LogP contribution in [0.4, 0.5) is 5.69 Å². The Labute approximate surface area is 226 Å². The maximum atomic E-state index is 12.8. The third kappa shape index (κ3) is 6.10. The van der Waals surface area contributed by atoms with E-state index in [-0.39, 0.29) is 18.7 Å². The molecule has 4 aromatic rings. The Balaban J connectivity index is 1.13. The fraction of sp³-hybridized carbons (Fsp3) is 0.125. The number of nitrogens with zero attached hydrogens (tertiary/aromatic N) is 2. The number of carbonyl (C=O) groups excluding carboxylic acids is 1. The Morgan fingerprint density at radius 2 is 1.44 bits per heavy atom. The highest BCUT2D eigenvalue weighted by molar-refractivity contribution is 6.04. The summed E-state index contributed by atoms with van der Waals surface area (Å²) < 4.78 is 5.52. The van der Waals surface area contributed by atoms with E-state index < -0.39 is 16.5 Å². The van der Waals surface area contributed by atoms with Crippen molar-refractivity contribution in [3.05, 3.63) is 135 Å². The Bertz CT molecular complexity index is 1530. The van der Waals surface area contributed by atoms with E-state index in [1.807, 2.05) is 48.5 Å². The molecule has 7 nitrogen and oxygen atoms in total. The highest BCUT2D eigenvalue weighted by Gasteiger charge is 2.43. The number of esters is 1. The average molecular weight is 519 g/mol. The number of non-ortho nitro benzene ring substituents is 1. The minimum absolute atomic E-state index is 0.0144. The number of carbonyl (C=O) groups is 1. The van der Waals surface area contributed by atoms with E-state index in [0.29, 0.717) is 11.3 Å². The van der Waals surface area contributed by atoms with Gasteiger partial charge in [0.05, 0.1) is 10.6 Å². The first-order chi connectivity index (χ1) is 18.9. The number of rotatable bonds is 8. The second kappa shape index (κ2) is 11.1. The van der Waals surface area contributed by atoms with Gasteiger partial charge in [-0.3, -0.25) is 10.1 Å². The quantitative estimate of drug-likeness (QED) is 0.108. The molecule has 1 atom stereocenters. The molecule has 0 amide bonds. The normalized spacial score (nSPS) is 16.5. The van der Waals surface area contributed by atoms with E-state index in [0.717, 1.165) is 16.7 Å². The lowest BCUT2D eigenvalue weighted by Gasteiger charge is -2.19. The van der Waals surface area contributed by atoms with Crippen molar-refractivity contribution < 1.29 is 19.3 Å². The van der Waals surface area contributed by atoms with Crippen molar-refractivity contribution in [2.45, 2.75) is 25.6 Å². The van der Waals surface area contributed by atoms with Crippen molar-refractivity contribution in [3.63, 3.8) is 0 Å². The van der Waals surface area contributed by atoms with Gasteiger partial charge in [0.15, 0.2) is 0 Å². The summed E-state index contributed by atoms with van der Waals surface area (Å²) >= 11 is 0. The second-order valence-corrected chi connectivity index (χ2v) is 9.48. The van der Waals surface area contributed by atoms with Crippen molar-refractivity contribution in [3.8, 4) is 11.1 Å². The van der Waals surface area contributed by atoms with Gasteiger partial charge < -0.3 is 9.57 Å². The molecule has 0 saturated heterocycles. The molecule has 7 heteroatoms. The van der Waals surface area contributed by atoms with Gasteiger partial charge in [-0.2, -0.15) is 0 Å². The van der Waals surface area contributed by atoms with Gasteiger partial charge in [0.1, 0.15) is 6.61 Å². The van der Waals surface area contributed by atoms with Gasteiger partial charge in [-0.15, -0.1) is 0 Å². The molecule has 4 aromatic carbocycles. The molecule has 1 aliphatic heterocycles. The Morgan fingerprint density at radius 3 is 2.05 bits per heavy atom. The van der Waals surface area contributed by atoms with Gasteiger partial charge >= 0.3 is 5.97 Å². The van der Waals surface area contributed by atoms with Crippen molar-refractivity contribution in [1.29, 1.82) is 0 Å². The molecule has 0 spiro atoms. The lowest BCUT2D eigenvalue weighted by Crippen LogP contribution is -2.37. The summed E-state index contributed by atoms with van der Waals surface area (Å²) in [4.78, 5) is 28.6. The average Bonchev–Trinajstić information content (AvgIpc) is 3.39. The van der Waals surface area contributed by atoms with E-state index in [1.165, 1.54) is 23.3 Å². The summed E-state index contributed by atoms with van der Waals surface area (Å²) in [7, 11) is 0. The lowest BCUT2D eigenvalue weighted by atomic mass is 9.96. The molecule has 1 heterocycles. The maximum Gasteiger partial charge on any atom is 0.353 e. The van der Waals surface area contributed by atoms with Crippen LogP contribution in [0.3, 0.4) is 0 Å². The third-order valence-electron chi connectivity index (χ3n) is 6.54. The number of oxime groups is 1. The molecule has 0 fully saturated rings. The number of hydrogen-bond acceptors (Lipinski definition) is 6. The molecule has 0 N–H and O–H groups in total. The molecular weight excluding hydrogens is 492 g/mol. The molecule has 0 aromatic heterocycles. The molecule has 0 bridgehead atoms. The number of nitro benzene ring substituents is 1. The zero-order chi connectivity index (χ0) is 27.2. The van der Waals surface area contributed by atoms with Crippen LogP contribution in [0.2, 0.25) is 0 Å². The maximum absolute atomic E-state index is 12.8. The van der Waals surface area contributed by atoms with Gasteiger partial charge in [0, 0.05) is 18.6 Å². The highest BCUT2D eigenvalue weighted by Crippen LogP contribution is 2.29. The predicted molar refractivity (Wildman–Crippen MR) is 151 cm³/mol. The largest absolute Gasteiger partial charge is 0.458 e. The van der Waals surface area contributed by atoms with Gasteiger partial charge in [-0.25, -0.2) is 4.79 Å². The molecular formula is C32H26N2O5. The van der Waals surface area contributed by atoms with Crippen LogP contribution < -0.4 is 0 Å². The Morgan fingerprint density at radius 1 is 0.872 bits per heavy atom. The molecule has 0 saturated carbocycles. The molecule has 39 heavy (non-hydrogen) atoms. The van der Waals surface area contributed by atoms with E-state index in [1.54, 1.807) is 19.1 Å². The number of nitro groups is 1. The van der Waals surface area contributed by atoms with E-state index in [2.05, 4.69) is 47.6 Å². The minimum Gasteiger partial charge on any atom is -0.458 e. The van der Waals surface area contributed by atoms with Crippen LogP contribution in [0.15, 0.2) is 108 Å². The number of benzene rings is 4. The minimum atomic E-state index is -1.25. The first kappa shape index (κ1) is 25.6. The van der Waals surface area contributed by atoms with Crippen LogP contribution in [-0.2, 0) is 21.0 Å². The van der Waals surface area contributed by atoms with Crippen molar-refractivity contribution >= 4 is 29.5 Å². The van der Waals surface area contributed by atoms with Crippen LogP contribution in [-0.4, -0.2) is 22.2 Å². The van der Waals surface area contributed by atoms with E-state index >= 15 is 0 Å². The lowest BCUT2D eigenvalue weighted by molar-refractivity contribution is -0.384. The van der Waals surface area contributed by atoms with Crippen LogP contribution in [0, 0.1) is 10.1 Å². The van der Waals surface area contributed by atoms with Crippen LogP contribution >= 0.6 is 0 Å². The Hall–Kier alpha value is -5.04. The smallest absolute Gasteiger partial charge is 0.353 e. The predicted octanol–water partition coefficient (Wildman–Crippen LogP) is 7.06. The first-order valence-electron chi connectivity index (χ1n) is 12.5. The van der Waals surface area contributed by atoms with E-state index in [9.17, 15) is 14.9 Å². The molecule has 0 radical (unpaired) electrons. The summed E-state index contributed by atoms with van der Waals surface area (Å²) in [6.45, 7) is 1.73. The van der Waals surface area contributed by atoms with E-state index in [4.69, 9.17) is 9.57 Å². The number of ether oxygens (including phenoxy) is 1. The van der Waals surface area contributed by atoms with Crippen molar-refractivity contribution in [2.75, 3.05) is 0 Å². The molecule has 5 rings (SSSR count). The summed E-state index contributed by atoms with van der Waals surface area (Å²) in [6.07, 6.45) is 4.31. The fourth-order valence-electron chi connectivity index (χ4n) is 4.22. The number of hydrogen-bond donors (Lipinski definition) is 0. The highest BCUT2D eigenvalue weighted by atomic mass is 16.7. The Kier molecular flexibility index (Phi) is 7.32. The summed E-state index contributed by atoms with van der Waals surface area (Å²) in [5, 5.41) is 14.9. The molecule has 0 aliphatic carbocycles. The van der Waals surface area contributed by atoms with Gasteiger partial charge in [0.25, 0.3) is 5.69 Å². The van der Waals surface area contributed by atoms with Crippen LogP contribution in [0.1, 0.15) is 35.6 Å². The topological polar surface area (TPSA) is 91.0 Å². The monoisotopic (exact) mass is 518 g/mol. The summed E-state index contributed by atoms with van der Waals surface area (Å²) in [5.74, 6) is -0.522. The van der Waals surface area contributed by atoms with Gasteiger partial charge in [-0.05, 0) is 52.4 Å². The third-order valence-corrected chi connectivity index (χ3v) is 6.54. The summed E-state index contributed by atoms with van der Waals surface area (Å²) in [5.41, 5.74) is 5.29. The first-order valence-corrected chi connectivity index (χ1v) is 12.5. The van der Waals surface area contributed by atoms with Crippen molar-refractivity contribution in [1.82, 2.24) is 0 Å². The molecule has 1 unspecified atom stereocenters. The fourth-order valence-corrected chi connectivity index (χ4v) is 4.22. The standard InChI is InChI=1S/C32H26N2O5/c1-32(21-30(33-39-32)28-17-19-29(20-18-28)34(36)37)31(35)38-22-25-11-9-23(10-12-25)7-8-24-13-15-27(16-14-24)26-5-3-2-4-6-26/h2-20H,21-22H2,1H3/b8-7+. The van der Waals surface area contributed by atoms with Gasteiger partial charge in [0.2, 0.25) is 5.60 Å². The molecule has 194 valence electrons. The zero-order valence-electron chi connectivity index (χ0n) is 21.3. The van der Waals surface area contributed by atoms with Gasteiger partial charge in [-0.1, -0.05) is 96.2 Å².